The first-order valence-electron chi connectivity index (χ1n) is 10.1. The van der Waals surface area contributed by atoms with Crippen molar-refractivity contribution in [1.82, 2.24) is 5.32 Å². The van der Waals surface area contributed by atoms with Crippen LogP contribution < -0.4 is 14.8 Å². The van der Waals surface area contributed by atoms with Crippen molar-refractivity contribution < 1.29 is 23.8 Å². The lowest BCUT2D eigenvalue weighted by atomic mass is 9.86. The molecule has 152 valence electrons. The molecule has 28 heavy (non-hydrogen) atoms. The summed E-state index contributed by atoms with van der Waals surface area (Å²) in [7, 11) is 0. The van der Waals surface area contributed by atoms with Crippen molar-refractivity contribution in [2.45, 2.75) is 58.1 Å². The van der Waals surface area contributed by atoms with Crippen LogP contribution >= 0.6 is 0 Å². The Bertz CT molecular complexity index is 730. The minimum atomic E-state index is -0.824. The first kappa shape index (κ1) is 20.2. The average molecular weight is 387 g/mol. The molecule has 0 saturated heterocycles. The molecule has 0 unspecified atom stereocenters. The van der Waals surface area contributed by atoms with Crippen molar-refractivity contribution in [3.05, 3.63) is 29.8 Å². The smallest absolute Gasteiger partial charge is 0.331 e. The van der Waals surface area contributed by atoms with E-state index in [1.54, 1.807) is 13.0 Å². The zero-order chi connectivity index (χ0) is 19.9. The standard InChI is InChI=1S/C22H29NO5/c1-15-6-3-4-7-18(15)23-22(25)16(2)28-21(24)11-9-17-8-10-19-20(14-17)27-13-5-12-26-19/h8-11,14-16,18H,3-7,12-13H2,1-2H3,(H,23,25)/b11-9+/t15-,16-,18-/m1/s1. The van der Waals surface area contributed by atoms with Gasteiger partial charge in [0.2, 0.25) is 0 Å². The maximum atomic E-state index is 12.3. The Morgan fingerprint density at radius 2 is 1.89 bits per heavy atom. The summed E-state index contributed by atoms with van der Waals surface area (Å²) >= 11 is 0. The Balaban J connectivity index is 1.51. The monoisotopic (exact) mass is 387 g/mol. The molecule has 1 aromatic carbocycles. The maximum Gasteiger partial charge on any atom is 0.331 e. The second kappa shape index (κ2) is 9.62. The highest BCUT2D eigenvalue weighted by atomic mass is 16.5. The van der Waals surface area contributed by atoms with Crippen molar-refractivity contribution in [3.8, 4) is 11.5 Å². The largest absolute Gasteiger partial charge is 0.490 e. The lowest BCUT2D eigenvalue weighted by Crippen LogP contribution is -2.45. The van der Waals surface area contributed by atoms with E-state index in [-0.39, 0.29) is 11.9 Å². The van der Waals surface area contributed by atoms with E-state index >= 15 is 0 Å². The molecule has 1 fully saturated rings. The van der Waals surface area contributed by atoms with Crippen LogP contribution in [0, 0.1) is 5.92 Å². The highest BCUT2D eigenvalue weighted by Crippen LogP contribution is 2.30. The molecule has 2 aliphatic rings. The lowest BCUT2D eigenvalue weighted by Gasteiger charge is -2.30. The van der Waals surface area contributed by atoms with Gasteiger partial charge in [-0.15, -0.1) is 0 Å². The molecular formula is C22H29NO5. The number of nitrogens with one attached hydrogen (secondary N) is 1. The molecular weight excluding hydrogens is 358 g/mol. The van der Waals surface area contributed by atoms with E-state index in [0.717, 1.165) is 31.2 Å². The molecule has 6 nitrogen and oxygen atoms in total. The van der Waals surface area contributed by atoms with Crippen LogP contribution in [0.2, 0.25) is 0 Å². The zero-order valence-corrected chi connectivity index (χ0v) is 16.6. The summed E-state index contributed by atoms with van der Waals surface area (Å²) in [6, 6.07) is 5.66. The molecule has 1 amide bonds. The topological polar surface area (TPSA) is 73.9 Å². The number of carbonyl (C=O) groups excluding carboxylic acids is 2. The van der Waals surface area contributed by atoms with E-state index in [1.165, 1.54) is 12.5 Å². The van der Waals surface area contributed by atoms with Gasteiger partial charge in [0.15, 0.2) is 17.6 Å². The zero-order valence-electron chi connectivity index (χ0n) is 16.6. The molecule has 0 spiro atoms. The Morgan fingerprint density at radius 1 is 1.14 bits per heavy atom. The normalized spacial score (nSPS) is 22.9. The summed E-state index contributed by atoms with van der Waals surface area (Å²) in [5.74, 6) is 1.05. The van der Waals surface area contributed by atoms with Crippen LogP contribution in [0.25, 0.3) is 6.08 Å². The van der Waals surface area contributed by atoms with Crippen LogP contribution in [-0.4, -0.2) is 37.2 Å². The summed E-state index contributed by atoms with van der Waals surface area (Å²) in [5, 5.41) is 3.02. The number of hydrogen-bond donors (Lipinski definition) is 1. The van der Waals surface area contributed by atoms with Gasteiger partial charge in [0, 0.05) is 18.5 Å². The number of benzene rings is 1. The summed E-state index contributed by atoms with van der Waals surface area (Å²) < 4.78 is 16.5. The summed E-state index contributed by atoms with van der Waals surface area (Å²) in [6.45, 7) is 4.99. The van der Waals surface area contributed by atoms with Crippen LogP contribution in [0.15, 0.2) is 24.3 Å². The van der Waals surface area contributed by atoms with Crippen LogP contribution in [0.1, 0.15) is 51.5 Å². The first-order valence-corrected chi connectivity index (χ1v) is 10.1. The molecule has 1 aliphatic carbocycles. The van der Waals surface area contributed by atoms with E-state index < -0.39 is 12.1 Å². The Kier molecular flexibility index (Phi) is 6.95. The quantitative estimate of drug-likeness (QED) is 0.618. The van der Waals surface area contributed by atoms with Gasteiger partial charge in [-0.05, 0) is 49.5 Å². The Labute approximate surface area is 166 Å². The molecule has 0 aromatic heterocycles. The molecule has 0 bridgehead atoms. The SMILES string of the molecule is C[C@@H]1CCCC[C@H]1NC(=O)[C@@H](C)OC(=O)/C=C/c1ccc2c(c1)OCCCO2. The van der Waals surface area contributed by atoms with Gasteiger partial charge < -0.3 is 19.5 Å². The van der Waals surface area contributed by atoms with Crippen molar-refractivity contribution in [3.63, 3.8) is 0 Å². The van der Waals surface area contributed by atoms with Crippen LogP contribution in [0.4, 0.5) is 0 Å². The Hall–Kier alpha value is -2.50. The van der Waals surface area contributed by atoms with Crippen LogP contribution in [-0.2, 0) is 14.3 Å². The summed E-state index contributed by atoms with van der Waals surface area (Å²) in [6.07, 6.45) is 7.43. The van der Waals surface area contributed by atoms with Crippen LogP contribution in [0.5, 0.6) is 11.5 Å². The molecule has 3 rings (SSSR count). The van der Waals surface area contributed by atoms with E-state index in [4.69, 9.17) is 14.2 Å². The minimum absolute atomic E-state index is 0.166. The van der Waals surface area contributed by atoms with E-state index in [2.05, 4.69) is 12.2 Å². The van der Waals surface area contributed by atoms with Gasteiger partial charge in [0.25, 0.3) is 5.91 Å². The summed E-state index contributed by atoms with van der Waals surface area (Å²) in [5.41, 5.74) is 0.800. The third-order valence-electron chi connectivity index (χ3n) is 5.28. The molecule has 1 saturated carbocycles. The van der Waals surface area contributed by atoms with Gasteiger partial charge in [-0.1, -0.05) is 25.8 Å². The maximum absolute atomic E-state index is 12.3. The first-order chi connectivity index (χ1) is 13.5. The van der Waals surface area contributed by atoms with Gasteiger partial charge in [-0.3, -0.25) is 4.79 Å². The van der Waals surface area contributed by atoms with Crippen molar-refractivity contribution in [2.75, 3.05) is 13.2 Å². The molecule has 6 heteroatoms. The minimum Gasteiger partial charge on any atom is -0.490 e. The van der Waals surface area contributed by atoms with Gasteiger partial charge in [0.1, 0.15) is 0 Å². The molecule has 3 atom stereocenters. The second-order valence-electron chi connectivity index (χ2n) is 7.55. The summed E-state index contributed by atoms with van der Waals surface area (Å²) in [4.78, 5) is 24.4. The number of hydrogen-bond acceptors (Lipinski definition) is 5. The molecule has 1 aromatic rings. The fourth-order valence-electron chi connectivity index (χ4n) is 3.55. The number of rotatable bonds is 5. The predicted molar refractivity (Wildman–Crippen MR) is 106 cm³/mol. The Morgan fingerprint density at radius 3 is 2.68 bits per heavy atom. The van der Waals surface area contributed by atoms with Crippen molar-refractivity contribution in [2.24, 2.45) is 5.92 Å². The van der Waals surface area contributed by atoms with Gasteiger partial charge in [0.05, 0.1) is 13.2 Å². The molecule has 1 aliphatic heterocycles. The highest BCUT2D eigenvalue weighted by molar-refractivity contribution is 5.90. The molecule has 1 heterocycles. The predicted octanol–water partition coefficient (Wildman–Crippen LogP) is 3.49. The van der Waals surface area contributed by atoms with Gasteiger partial charge >= 0.3 is 5.97 Å². The van der Waals surface area contributed by atoms with E-state index in [1.807, 2.05) is 18.2 Å². The number of esters is 1. The van der Waals surface area contributed by atoms with Crippen LogP contribution in [0.3, 0.4) is 0 Å². The highest BCUT2D eigenvalue weighted by Gasteiger charge is 2.26. The number of fused-ring (bicyclic) bond motifs is 1. The van der Waals surface area contributed by atoms with Crippen molar-refractivity contribution in [1.29, 1.82) is 0 Å². The number of ether oxygens (including phenoxy) is 3. The van der Waals surface area contributed by atoms with Gasteiger partial charge in [-0.25, -0.2) is 4.79 Å². The fourth-order valence-corrected chi connectivity index (χ4v) is 3.55. The van der Waals surface area contributed by atoms with E-state index in [0.29, 0.717) is 30.6 Å². The van der Waals surface area contributed by atoms with E-state index in [9.17, 15) is 9.59 Å². The third kappa shape index (κ3) is 5.50. The molecule has 0 radical (unpaired) electrons. The number of amides is 1. The number of carbonyl (C=O) groups is 2. The lowest BCUT2D eigenvalue weighted by molar-refractivity contribution is -0.150. The van der Waals surface area contributed by atoms with Crippen molar-refractivity contribution >= 4 is 18.0 Å². The fraction of sp³-hybridized carbons (Fsp3) is 0.545. The third-order valence-corrected chi connectivity index (χ3v) is 5.28. The van der Waals surface area contributed by atoms with Gasteiger partial charge in [-0.2, -0.15) is 0 Å². The second-order valence-corrected chi connectivity index (χ2v) is 7.55. The average Bonchev–Trinajstić information content (AvgIpc) is 2.93. The molecule has 1 N–H and O–H groups in total.